The number of ether oxygens (including phenoxy) is 1. The molecular weight excluding hydrogens is 226 g/mol. The van der Waals surface area contributed by atoms with Crippen LogP contribution < -0.4 is 10.1 Å². The summed E-state index contributed by atoms with van der Waals surface area (Å²) >= 11 is 6.04. The smallest absolute Gasteiger partial charge is 0.180 e. The molecule has 0 radical (unpaired) electrons. The summed E-state index contributed by atoms with van der Waals surface area (Å²) in [5.74, 6) is 0.585. The van der Waals surface area contributed by atoms with Gasteiger partial charge in [0, 0.05) is 10.6 Å². The molecular formula is C12H16ClNO2. The molecule has 0 aromatic heterocycles. The van der Waals surface area contributed by atoms with Gasteiger partial charge >= 0.3 is 0 Å². The van der Waals surface area contributed by atoms with Crippen LogP contribution in [-0.2, 0) is 0 Å². The van der Waals surface area contributed by atoms with Crippen molar-refractivity contribution in [2.24, 2.45) is 0 Å². The van der Waals surface area contributed by atoms with E-state index in [0.717, 1.165) is 11.1 Å². The van der Waals surface area contributed by atoms with Gasteiger partial charge in [-0.25, -0.2) is 0 Å². The predicted octanol–water partition coefficient (Wildman–Crippen LogP) is 2.37. The maximum absolute atomic E-state index is 11.9. The van der Waals surface area contributed by atoms with Gasteiger partial charge in [0.15, 0.2) is 5.78 Å². The molecule has 0 atom stereocenters. The lowest BCUT2D eigenvalue weighted by molar-refractivity contribution is 0.0990. The van der Waals surface area contributed by atoms with Crippen molar-refractivity contribution in [2.75, 3.05) is 20.7 Å². The minimum atomic E-state index is 0.0108. The van der Waals surface area contributed by atoms with Crippen molar-refractivity contribution in [3.05, 3.63) is 27.8 Å². The van der Waals surface area contributed by atoms with E-state index >= 15 is 0 Å². The Labute approximate surface area is 101 Å². The number of carbonyl (C=O) groups excluding carboxylic acids is 1. The van der Waals surface area contributed by atoms with Crippen molar-refractivity contribution in [2.45, 2.75) is 13.8 Å². The minimum Gasteiger partial charge on any atom is -0.496 e. The molecule has 0 spiro atoms. The highest BCUT2D eigenvalue weighted by Gasteiger charge is 2.18. The molecule has 0 aliphatic heterocycles. The highest BCUT2D eigenvalue weighted by Crippen LogP contribution is 2.32. The van der Waals surface area contributed by atoms with Crippen molar-refractivity contribution < 1.29 is 9.53 Å². The first-order valence-electron chi connectivity index (χ1n) is 5.04. The summed E-state index contributed by atoms with van der Waals surface area (Å²) in [5, 5.41) is 3.46. The van der Waals surface area contributed by atoms with E-state index in [1.54, 1.807) is 20.2 Å². The van der Waals surface area contributed by atoms with E-state index < -0.39 is 0 Å². The normalized spacial score (nSPS) is 10.3. The Morgan fingerprint density at radius 3 is 2.62 bits per heavy atom. The van der Waals surface area contributed by atoms with Gasteiger partial charge < -0.3 is 10.1 Å². The number of hydrogen-bond acceptors (Lipinski definition) is 3. The Morgan fingerprint density at radius 1 is 1.50 bits per heavy atom. The average Bonchev–Trinajstić information content (AvgIpc) is 2.23. The fourth-order valence-corrected chi connectivity index (χ4v) is 1.95. The molecule has 3 nitrogen and oxygen atoms in total. The number of methoxy groups -OCH3 is 1. The fraction of sp³-hybridized carbons (Fsp3) is 0.417. The molecule has 4 heteroatoms. The third-order valence-electron chi connectivity index (χ3n) is 2.48. The van der Waals surface area contributed by atoms with E-state index in [0.29, 0.717) is 16.3 Å². The Hall–Kier alpha value is -1.06. The predicted molar refractivity (Wildman–Crippen MR) is 65.7 cm³/mol. The molecule has 0 saturated heterocycles. The number of halogens is 1. The lowest BCUT2D eigenvalue weighted by Gasteiger charge is -2.14. The van der Waals surface area contributed by atoms with Crippen LogP contribution in [0.25, 0.3) is 0 Å². The third-order valence-corrected chi connectivity index (χ3v) is 2.88. The number of aryl methyl sites for hydroxylation is 1. The maximum Gasteiger partial charge on any atom is 0.180 e. The van der Waals surface area contributed by atoms with Gasteiger partial charge in [-0.2, -0.15) is 0 Å². The van der Waals surface area contributed by atoms with Crippen LogP contribution in [0.1, 0.15) is 21.5 Å². The van der Waals surface area contributed by atoms with Gasteiger partial charge in [-0.15, -0.1) is 0 Å². The molecule has 0 saturated carbocycles. The van der Waals surface area contributed by atoms with E-state index in [4.69, 9.17) is 16.3 Å². The van der Waals surface area contributed by atoms with Gasteiger partial charge in [0.05, 0.1) is 19.2 Å². The number of nitrogens with one attached hydrogen (secondary N) is 1. The van der Waals surface area contributed by atoms with E-state index in [-0.39, 0.29) is 12.3 Å². The molecule has 0 heterocycles. The molecule has 88 valence electrons. The van der Waals surface area contributed by atoms with Crippen LogP contribution in [0.15, 0.2) is 6.07 Å². The minimum absolute atomic E-state index is 0.0108. The standard InChI is InChI=1S/C12H16ClNO2/c1-7-5-9(13)8(2)12(16-4)11(7)10(15)6-14-3/h5,14H,6H2,1-4H3. The fourth-order valence-electron chi connectivity index (χ4n) is 1.70. The summed E-state index contributed by atoms with van der Waals surface area (Å²) in [6.45, 7) is 3.99. The number of likely N-dealkylation sites (N-methyl/N-ethyl adjacent to an activating group) is 1. The highest BCUT2D eigenvalue weighted by atomic mass is 35.5. The number of hydrogen-bond donors (Lipinski definition) is 1. The third kappa shape index (κ3) is 2.36. The second-order valence-electron chi connectivity index (χ2n) is 3.66. The molecule has 1 aromatic rings. The summed E-state index contributed by atoms with van der Waals surface area (Å²) in [7, 11) is 3.29. The van der Waals surface area contributed by atoms with E-state index in [9.17, 15) is 4.79 Å². The van der Waals surface area contributed by atoms with Crippen LogP contribution in [0, 0.1) is 13.8 Å². The van der Waals surface area contributed by atoms with Crippen LogP contribution in [0.3, 0.4) is 0 Å². The highest BCUT2D eigenvalue weighted by molar-refractivity contribution is 6.31. The van der Waals surface area contributed by atoms with Crippen molar-refractivity contribution in [1.29, 1.82) is 0 Å². The average molecular weight is 242 g/mol. The van der Waals surface area contributed by atoms with Crippen LogP contribution >= 0.6 is 11.6 Å². The lowest BCUT2D eigenvalue weighted by atomic mass is 10.00. The number of Topliss-reactive ketones (excluding diaryl/α,β-unsaturated/α-hetero) is 1. The molecule has 0 fully saturated rings. The van der Waals surface area contributed by atoms with Crippen LogP contribution in [0.5, 0.6) is 5.75 Å². The van der Waals surface area contributed by atoms with Crippen LogP contribution in [0.4, 0.5) is 0 Å². The van der Waals surface area contributed by atoms with Gasteiger partial charge in [0.2, 0.25) is 0 Å². The number of ketones is 1. The second-order valence-corrected chi connectivity index (χ2v) is 4.07. The van der Waals surface area contributed by atoms with E-state index in [2.05, 4.69) is 5.32 Å². The molecule has 1 rings (SSSR count). The Balaban J connectivity index is 3.36. The summed E-state index contributed by atoms with van der Waals surface area (Å²) < 4.78 is 5.27. The zero-order valence-electron chi connectivity index (χ0n) is 9.98. The first-order chi connectivity index (χ1) is 7.52. The first kappa shape index (κ1) is 13.0. The molecule has 1 N–H and O–H groups in total. The largest absolute Gasteiger partial charge is 0.496 e. The number of rotatable bonds is 4. The zero-order chi connectivity index (χ0) is 12.3. The van der Waals surface area contributed by atoms with Crippen molar-refractivity contribution in [1.82, 2.24) is 5.32 Å². The van der Waals surface area contributed by atoms with E-state index in [1.807, 2.05) is 13.8 Å². The van der Waals surface area contributed by atoms with Crippen LogP contribution in [-0.4, -0.2) is 26.5 Å². The summed E-state index contributed by atoms with van der Waals surface area (Å²) in [4.78, 5) is 11.9. The number of carbonyl (C=O) groups is 1. The molecule has 0 unspecified atom stereocenters. The molecule has 0 bridgehead atoms. The summed E-state index contributed by atoms with van der Waals surface area (Å²) in [6, 6.07) is 1.79. The summed E-state index contributed by atoms with van der Waals surface area (Å²) in [5.41, 5.74) is 2.25. The maximum atomic E-state index is 11.9. The first-order valence-corrected chi connectivity index (χ1v) is 5.42. The molecule has 0 amide bonds. The molecule has 0 aliphatic carbocycles. The lowest BCUT2D eigenvalue weighted by Crippen LogP contribution is -2.20. The van der Waals surface area contributed by atoms with Crippen LogP contribution in [0.2, 0.25) is 5.02 Å². The summed E-state index contributed by atoms with van der Waals surface area (Å²) in [6.07, 6.45) is 0. The molecule has 0 aliphatic rings. The quantitative estimate of drug-likeness (QED) is 0.823. The van der Waals surface area contributed by atoms with Crippen molar-refractivity contribution >= 4 is 17.4 Å². The Bertz CT molecular complexity index is 416. The SMILES string of the molecule is CNCC(=O)c1c(C)cc(Cl)c(C)c1OC. The molecule has 1 aromatic carbocycles. The van der Waals surface area contributed by atoms with Crippen molar-refractivity contribution in [3.63, 3.8) is 0 Å². The Morgan fingerprint density at radius 2 is 2.12 bits per heavy atom. The zero-order valence-corrected chi connectivity index (χ0v) is 10.7. The van der Waals surface area contributed by atoms with Gasteiger partial charge in [-0.3, -0.25) is 4.79 Å². The topological polar surface area (TPSA) is 38.3 Å². The monoisotopic (exact) mass is 241 g/mol. The van der Waals surface area contributed by atoms with Crippen molar-refractivity contribution in [3.8, 4) is 5.75 Å². The second kappa shape index (κ2) is 5.32. The van der Waals surface area contributed by atoms with Gasteiger partial charge in [-0.05, 0) is 32.5 Å². The van der Waals surface area contributed by atoms with Gasteiger partial charge in [-0.1, -0.05) is 11.6 Å². The van der Waals surface area contributed by atoms with E-state index in [1.165, 1.54) is 0 Å². The molecule has 16 heavy (non-hydrogen) atoms. The Kier molecular flexibility index (Phi) is 4.33. The van der Waals surface area contributed by atoms with Gasteiger partial charge in [0.1, 0.15) is 5.75 Å². The number of benzene rings is 1. The van der Waals surface area contributed by atoms with Gasteiger partial charge in [0.25, 0.3) is 0 Å².